The largest absolute Gasteiger partial charge is 0.351 e. The summed E-state index contributed by atoms with van der Waals surface area (Å²) < 4.78 is 12.9. The van der Waals surface area contributed by atoms with Gasteiger partial charge in [-0.2, -0.15) is 0 Å². The van der Waals surface area contributed by atoms with Crippen LogP contribution in [0.2, 0.25) is 0 Å². The molecule has 30 heavy (non-hydrogen) atoms. The van der Waals surface area contributed by atoms with Crippen molar-refractivity contribution < 1.29 is 14.0 Å². The van der Waals surface area contributed by atoms with Gasteiger partial charge in [0.05, 0.1) is 0 Å². The third-order valence-electron chi connectivity index (χ3n) is 6.67. The molecule has 0 bridgehead atoms. The van der Waals surface area contributed by atoms with Gasteiger partial charge in [-0.05, 0) is 55.9 Å². The second-order valence-electron chi connectivity index (χ2n) is 8.79. The number of carbonyl (C=O) groups is 2. The van der Waals surface area contributed by atoms with Crippen LogP contribution < -0.4 is 5.32 Å². The van der Waals surface area contributed by atoms with Gasteiger partial charge in [0.25, 0.3) is 5.91 Å². The van der Waals surface area contributed by atoms with Crippen LogP contribution in [-0.4, -0.2) is 60.9 Å². The number of nitrogens with zero attached hydrogens (tertiary/aromatic N) is 2. The van der Waals surface area contributed by atoms with E-state index in [1.54, 1.807) is 0 Å². The Kier molecular flexibility index (Phi) is 8.67. The first kappa shape index (κ1) is 22.7. The fourth-order valence-electron chi connectivity index (χ4n) is 4.67. The number of benzene rings is 1. The zero-order chi connectivity index (χ0) is 21.3. The SMILES string of the molecule is CCCCC1CCC(C(=O)N2CCN(CCNC(=O)c3ccc(F)cc3)CC2)CC1. The number of nitrogens with one attached hydrogen (secondary N) is 1. The highest BCUT2D eigenvalue weighted by Crippen LogP contribution is 2.33. The van der Waals surface area contributed by atoms with E-state index in [4.69, 9.17) is 0 Å². The molecule has 6 heteroatoms. The summed E-state index contributed by atoms with van der Waals surface area (Å²) in [4.78, 5) is 29.3. The Hall–Kier alpha value is -1.95. The Morgan fingerprint density at radius 1 is 1.03 bits per heavy atom. The number of piperazine rings is 1. The van der Waals surface area contributed by atoms with Crippen molar-refractivity contribution in [1.29, 1.82) is 0 Å². The van der Waals surface area contributed by atoms with Crippen LogP contribution >= 0.6 is 0 Å². The maximum Gasteiger partial charge on any atom is 0.251 e. The number of hydrogen-bond donors (Lipinski definition) is 1. The van der Waals surface area contributed by atoms with Crippen LogP contribution in [0.25, 0.3) is 0 Å². The van der Waals surface area contributed by atoms with E-state index < -0.39 is 0 Å². The lowest BCUT2D eigenvalue weighted by Crippen LogP contribution is -2.51. The molecule has 1 aliphatic carbocycles. The van der Waals surface area contributed by atoms with Gasteiger partial charge in [0.2, 0.25) is 5.91 Å². The minimum Gasteiger partial charge on any atom is -0.351 e. The van der Waals surface area contributed by atoms with Crippen molar-refractivity contribution in [3.05, 3.63) is 35.6 Å². The van der Waals surface area contributed by atoms with Crippen LogP contribution in [0.4, 0.5) is 4.39 Å². The molecule has 0 spiro atoms. The Labute approximate surface area is 180 Å². The van der Waals surface area contributed by atoms with Crippen molar-refractivity contribution in [3.8, 4) is 0 Å². The molecule has 0 unspecified atom stereocenters. The maximum atomic E-state index is 12.9. The third kappa shape index (κ3) is 6.53. The summed E-state index contributed by atoms with van der Waals surface area (Å²) in [5.74, 6) is 0.885. The molecule has 1 aromatic carbocycles. The number of halogens is 1. The fraction of sp³-hybridized carbons (Fsp3) is 0.667. The lowest BCUT2D eigenvalue weighted by atomic mass is 9.79. The summed E-state index contributed by atoms with van der Waals surface area (Å²) in [5, 5.41) is 2.89. The van der Waals surface area contributed by atoms with Gasteiger partial charge in [0.1, 0.15) is 5.82 Å². The van der Waals surface area contributed by atoms with Gasteiger partial charge in [0, 0.05) is 50.7 Å². The van der Waals surface area contributed by atoms with Crippen LogP contribution in [0.15, 0.2) is 24.3 Å². The van der Waals surface area contributed by atoms with E-state index >= 15 is 0 Å². The number of unbranched alkanes of at least 4 members (excludes halogenated alkanes) is 1. The molecule has 0 atom stereocenters. The molecule has 1 aromatic rings. The molecule has 2 amide bonds. The number of hydrogen-bond acceptors (Lipinski definition) is 3. The number of amides is 2. The van der Waals surface area contributed by atoms with Crippen molar-refractivity contribution in [3.63, 3.8) is 0 Å². The second kappa shape index (κ2) is 11.4. The highest BCUT2D eigenvalue weighted by molar-refractivity contribution is 5.94. The second-order valence-corrected chi connectivity index (χ2v) is 8.79. The van der Waals surface area contributed by atoms with Crippen molar-refractivity contribution in [2.75, 3.05) is 39.3 Å². The van der Waals surface area contributed by atoms with E-state index in [1.807, 2.05) is 4.90 Å². The predicted molar refractivity (Wildman–Crippen MR) is 117 cm³/mol. The van der Waals surface area contributed by atoms with Gasteiger partial charge in [0.15, 0.2) is 0 Å². The smallest absolute Gasteiger partial charge is 0.251 e. The number of rotatable bonds is 8. The van der Waals surface area contributed by atoms with Gasteiger partial charge in [-0.25, -0.2) is 4.39 Å². The molecule has 1 saturated carbocycles. The van der Waals surface area contributed by atoms with Gasteiger partial charge in [-0.1, -0.05) is 26.2 Å². The van der Waals surface area contributed by atoms with E-state index in [0.29, 0.717) is 18.0 Å². The standard InChI is InChI=1S/C24H36FN3O2/c1-2-3-4-19-5-7-21(8-6-19)24(30)28-17-15-27(16-18-28)14-13-26-23(29)20-9-11-22(25)12-10-20/h9-12,19,21H,2-8,13-18H2,1H3,(H,26,29). The first-order chi connectivity index (χ1) is 14.6. The lowest BCUT2D eigenvalue weighted by Gasteiger charge is -2.38. The molecule has 166 valence electrons. The maximum absolute atomic E-state index is 12.9. The Balaban J connectivity index is 1.32. The molecule has 1 aliphatic heterocycles. The van der Waals surface area contributed by atoms with Gasteiger partial charge in [-0.15, -0.1) is 0 Å². The Morgan fingerprint density at radius 3 is 2.33 bits per heavy atom. The quantitative estimate of drug-likeness (QED) is 0.702. The molecule has 0 radical (unpaired) electrons. The molecule has 2 aliphatic rings. The molecule has 0 aromatic heterocycles. The van der Waals surface area contributed by atoms with Crippen LogP contribution in [0, 0.1) is 17.7 Å². The third-order valence-corrected chi connectivity index (χ3v) is 6.67. The van der Waals surface area contributed by atoms with Crippen LogP contribution in [0.3, 0.4) is 0 Å². The van der Waals surface area contributed by atoms with Crippen molar-refractivity contribution in [1.82, 2.24) is 15.1 Å². The Bertz CT molecular complexity index is 678. The predicted octanol–water partition coefficient (Wildman–Crippen LogP) is 3.70. The summed E-state index contributed by atoms with van der Waals surface area (Å²) in [6, 6.07) is 5.57. The zero-order valence-corrected chi connectivity index (χ0v) is 18.2. The van der Waals surface area contributed by atoms with E-state index in [0.717, 1.165) is 51.5 Å². The van der Waals surface area contributed by atoms with Crippen LogP contribution in [0.5, 0.6) is 0 Å². The molecule has 1 saturated heterocycles. The van der Waals surface area contributed by atoms with Gasteiger partial charge < -0.3 is 10.2 Å². The zero-order valence-electron chi connectivity index (χ0n) is 18.2. The summed E-state index contributed by atoms with van der Waals surface area (Å²) in [5.41, 5.74) is 0.469. The first-order valence-corrected chi connectivity index (χ1v) is 11.6. The van der Waals surface area contributed by atoms with E-state index in [2.05, 4.69) is 17.1 Å². The lowest BCUT2D eigenvalue weighted by molar-refractivity contribution is -0.138. The van der Waals surface area contributed by atoms with E-state index in [-0.39, 0.29) is 17.6 Å². The highest BCUT2D eigenvalue weighted by atomic mass is 19.1. The minimum absolute atomic E-state index is 0.182. The van der Waals surface area contributed by atoms with Gasteiger partial charge >= 0.3 is 0 Å². The average Bonchev–Trinajstić information content (AvgIpc) is 2.78. The van der Waals surface area contributed by atoms with Crippen LogP contribution in [-0.2, 0) is 4.79 Å². The molecule has 2 fully saturated rings. The summed E-state index contributed by atoms with van der Waals surface area (Å²) in [6.45, 7) is 6.81. The monoisotopic (exact) mass is 417 g/mol. The number of carbonyl (C=O) groups excluding carboxylic acids is 2. The van der Waals surface area contributed by atoms with E-state index in [9.17, 15) is 14.0 Å². The molecular formula is C24H36FN3O2. The average molecular weight is 418 g/mol. The Morgan fingerprint density at radius 2 is 1.70 bits per heavy atom. The van der Waals surface area contributed by atoms with Crippen molar-refractivity contribution in [2.45, 2.75) is 51.9 Å². The molecule has 5 nitrogen and oxygen atoms in total. The van der Waals surface area contributed by atoms with E-state index in [1.165, 1.54) is 56.4 Å². The summed E-state index contributed by atoms with van der Waals surface area (Å²) in [6.07, 6.45) is 8.45. The molecule has 1 N–H and O–H groups in total. The minimum atomic E-state index is -0.344. The summed E-state index contributed by atoms with van der Waals surface area (Å²) >= 11 is 0. The molecular weight excluding hydrogens is 381 g/mol. The normalized spacial score (nSPS) is 22.7. The molecule has 1 heterocycles. The topological polar surface area (TPSA) is 52.7 Å². The first-order valence-electron chi connectivity index (χ1n) is 11.6. The molecule has 3 rings (SSSR count). The van der Waals surface area contributed by atoms with Gasteiger partial charge in [-0.3, -0.25) is 14.5 Å². The van der Waals surface area contributed by atoms with Crippen LogP contribution in [0.1, 0.15) is 62.2 Å². The van der Waals surface area contributed by atoms with Crippen molar-refractivity contribution >= 4 is 11.8 Å². The fourth-order valence-corrected chi connectivity index (χ4v) is 4.67. The summed E-state index contributed by atoms with van der Waals surface area (Å²) in [7, 11) is 0. The van der Waals surface area contributed by atoms with Crippen molar-refractivity contribution in [2.24, 2.45) is 11.8 Å². The highest BCUT2D eigenvalue weighted by Gasteiger charge is 2.30.